The summed E-state index contributed by atoms with van der Waals surface area (Å²) in [5.74, 6) is -0.580. The quantitative estimate of drug-likeness (QED) is 0.747. The summed E-state index contributed by atoms with van der Waals surface area (Å²) in [5.41, 5.74) is 6.86. The number of carbonyl (C=O) groups is 2. The van der Waals surface area contributed by atoms with Crippen LogP contribution in [-0.2, 0) is 11.2 Å². The molecule has 0 spiro atoms. The molecule has 0 radical (unpaired) electrons. The number of rotatable bonds is 4. The molecule has 0 bridgehead atoms. The number of carbonyl (C=O) groups excluding carboxylic acids is 2. The third kappa shape index (κ3) is 4.74. The van der Waals surface area contributed by atoms with Crippen LogP contribution in [0.5, 0.6) is 5.75 Å². The van der Waals surface area contributed by atoms with Crippen molar-refractivity contribution in [2.24, 2.45) is 0 Å². The van der Waals surface area contributed by atoms with Gasteiger partial charge in [0.1, 0.15) is 5.75 Å². The molecule has 0 saturated carbocycles. The van der Waals surface area contributed by atoms with E-state index >= 15 is 0 Å². The maximum atomic E-state index is 12.0. The summed E-state index contributed by atoms with van der Waals surface area (Å²) in [6, 6.07) is 13.4. The predicted octanol–water partition coefficient (Wildman–Crippen LogP) is 1.46. The maximum Gasteiger partial charge on any atom is 0.269 e. The van der Waals surface area contributed by atoms with Gasteiger partial charge >= 0.3 is 0 Å². The molecule has 2 rings (SSSR count). The molecule has 6 heteroatoms. The van der Waals surface area contributed by atoms with Crippen molar-refractivity contribution in [3.8, 4) is 5.75 Å². The van der Waals surface area contributed by atoms with Crippen LogP contribution in [0.1, 0.15) is 15.9 Å². The Kier molecular flexibility index (Phi) is 5.19. The second kappa shape index (κ2) is 7.31. The Balaban J connectivity index is 1.89. The topological polar surface area (TPSA) is 81.7 Å². The van der Waals surface area contributed by atoms with E-state index in [1.165, 1.54) is 12.1 Å². The van der Waals surface area contributed by atoms with E-state index in [9.17, 15) is 14.7 Å². The molecule has 0 fully saturated rings. The molecule has 0 unspecified atom stereocenters. The third-order valence-corrected chi connectivity index (χ3v) is 3.24. The van der Waals surface area contributed by atoms with Crippen LogP contribution in [0.25, 0.3) is 0 Å². The van der Waals surface area contributed by atoms with Gasteiger partial charge in [0.25, 0.3) is 5.91 Å². The van der Waals surface area contributed by atoms with Gasteiger partial charge in [-0.15, -0.1) is 0 Å². The minimum atomic E-state index is -0.382. The number of nitrogens with zero attached hydrogens (tertiary/aromatic N) is 1. The zero-order valence-corrected chi connectivity index (χ0v) is 13.0. The zero-order valence-electron chi connectivity index (χ0n) is 13.0. The molecule has 120 valence electrons. The first-order valence-corrected chi connectivity index (χ1v) is 7.10. The van der Waals surface area contributed by atoms with Crippen LogP contribution in [0.4, 0.5) is 5.69 Å². The first-order valence-electron chi connectivity index (χ1n) is 7.10. The third-order valence-electron chi connectivity index (χ3n) is 3.24. The molecule has 23 heavy (non-hydrogen) atoms. The normalized spacial score (nSPS) is 10.0. The molecule has 2 aromatic rings. The van der Waals surface area contributed by atoms with Crippen molar-refractivity contribution in [2.75, 3.05) is 19.0 Å². The largest absolute Gasteiger partial charge is 0.508 e. The Morgan fingerprint density at radius 1 is 1.04 bits per heavy atom. The van der Waals surface area contributed by atoms with Crippen LogP contribution in [-0.4, -0.2) is 31.0 Å². The van der Waals surface area contributed by atoms with Gasteiger partial charge in [0.05, 0.1) is 6.42 Å². The Morgan fingerprint density at radius 2 is 1.74 bits per heavy atom. The average molecular weight is 313 g/mol. The summed E-state index contributed by atoms with van der Waals surface area (Å²) in [5, 5.41) is 9.19. The van der Waals surface area contributed by atoms with Crippen molar-refractivity contribution in [3.63, 3.8) is 0 Å². The van der Waals surface area contributed by atoms with Crippen molar-refractivity contribution >= 4 is 17.5 Å². The molecular weight excluding hydrogens is 294 g/mol. The van der Waals surface area contributed by atoms with E-state index < -0.39 is 0 Å². The molecule has 0 aliphatic carbocycles. The Labute approximate surface area is 134 Å². The average Bonchev–Trinajstić information content (AvgIpc) is 2.55. The molecule has 3 N–H and O–H groups in total. The second-order valence-corrected chi connectivity index (χ2v) is 5.29. The van der Waals surface area contributed by atoms with Crippen molar-refractivity contribution in [3.05, 3.63) is 59.7 Å². The number of anilines is 1. The Hall–Kier alpha value is -3.02. The van der Waals surface area contributed by atoms with E-state index in [2.05, 4.69) is 10.9 Å². The smallest absolute Gasteiger partial charge is 0.269 e. The lowest BCUT2D eigenvalue weighted by Crippen LogP contribution is -2.42. The fraction of sp³-hybridized carbons (Fsp3) is 0.176. The van der Waals surface area contributed by atoms with Gasteiger partial charge < -0.3 is 10.0 Å². The number of aromatic hydroxyl groups is 1. The van der Waals surface area contributed by atoms with E-state index in [0.717, 1.165) is 11.3 Å². The molecule has 2 amide bonds. The minimum absolute atomic E-state index is 0.109. The summed E-state index contributed by atoms with van der Waals surface area (Å²) in [6.07, 6.45) is 0.109. The van der Waals surface area contributed by atoms with E-state index in [-0.39, 0.29) is 24.0 Å². The van der Waals surface area contributed by atoms with Crippen molar-refractivity contribution < 1.29 is 14.7 Å². The summed E-state index contributed by atoms with van der Waals surface area (Å²) in [4.78, 5) is 25.7. The highest BCUT2D eigenvalue weighted by molar-refractivity contribution is 5.96. The zero-order chi connectivity index (χ0) is 16.8. The van der Waals surface area contributed by atoms with E-state index in [1.54, 1.807) is 30.3 Å². The van der Waals surface area contributed by atoms with Gasteiger partial charge in [-0.3, -0.25) is 20.4 Å². The standard InChI is InChI=1S/C17H19N3O3/c1-20(2)14-5-3-4-13(11-14)17(23)19-18-16(22)10-12-6-8-15(21)9-7-12/h3-9,11,21H,10H2,1-2H3,(H,18,22)(H,19,23). The maximum absolute atomic E-state index is 12.0. The highest BCUT2D eigenvalue weighted by Crippen LogP contribution is 2.13. The van der Waals surface area contributed by atoms with Gasteiger partial charge in [-0.1, -0.05) is 18.2 Å². The van der Waals surface area contributed by atoms with E-state index in [1.807, 2.05) is 25.1 Å². The molecule has 0 aliphatic rings. The first kappa shape index (κ1) is 16.4. The van der Waals surface area contributed by atoms with Crippen molar-refractivity contribution in [1.82, 2.24) is 10.9 Å². The number of phenols is 1. The van der Waals surface area contributed by atoms with Gasteiger partial charge in [-0.25, -0.2) is 0 Å². The first-order chi connectivity index (χ1) is 11.0. The lowest BCUT2D eigenvalue weighted by atomic mass is 10.1. The predicted molar refractivity (Wildman–Crippen MR) is 88.2 cm³/mol. The SMILES string of the molecule is CN(C)c1cccc(C(=O)NNC(=O)Cc2ccc(O)cc2)c1. The van der Waals surface area contributed by atoms with E-state index in [4.69, 9.17) is 0 Å². The number of nitrogens with one attached hydrogen (secondary N) is 2. The summed E-state index contributed by atoms with van der Waals surface area (Å²) in [7, 11) is 3.77. The van der Waals surface area contributed by atoms with Crippen molar-refractivity contribution in [2.45, 2.75) is 6.42 Å². The highest BCUT2D eigenvalue weighted by atomic mass is 16.3. The van der Waals surface area contributed by atoms with Crippen LogP contribution in [0.2, 0.25) is 0 Å². The summed E-state index contributed by atoms with van der Waals surface area (Å²) < 4.78 is 0. The molecule has 0 atom stereocenters. The fourth-order valence-corrected chi connectivity index (χ4v) is 1.97. The molecule has 0 aromatic heterocycles. The molecule has 0 saturated heterocycles. The van der Waals surface area contributed by atoms with Crippen LogP contribution in [0.3, 0.4) is 0 Å². The molecular formula is C17H19N3O3. The number of hydrogen-bond donors (Lipinski definition) is 3. The molecule has 0 heterocycles. The highest BCUT2D eigenvalue weighted by Gasteiger charge is 2.09. The second-order valence-electron chi connectivity index (χ2n) is 5.29. The fourth-order valence-electron chi connectivity index (χ4n) is 1.97. The van der Waals surface area contributed by atoms with Crippen LogP contribution in [0, 0.1) is 0 Å². The van der Waals surface area contributed by atoms with Gasteiger partial charge in [0.2, 0.25) is 5.91 Å². The summed E-state index contributed by atoms with van der Waals surface area (Å²) >= 11 is 0. The number of phenolic OH excluding ortho intramolecular Hbond substituents is 1. The summed E-state index contributed by atoms with van der Waals surface area (Å²) in [6.45, 7) is 0. The Bertz CT molecular complexity index is 696. The van der Waals surface area contributed by atoms with Crippen LogP contribution >= 0.6 is 0 Å². The van der Waals surface area contributed by atoms with Gasteiger partial charge in [0, 0.05) is 25.3 Å². The lowest BCUT2D eigenvalue weighted by Gasteiger charge is -2.13. The number of hydrazine groups is 1. The van der Waals surface area contributed by atoms with Gasteiger partial charge in [0.15, 0.2) is 0 Å². The van der Waals surface area contributed by atoms with Crippen molar-refractivity contribution in [1.29, 1.82) is 0 Å². The molecule has 6 nitrogen and oxygen atoms in total. The van der Waals surface area contributed by atoms with Crippen LogP contribution in [0.15, 0.2) is 48.5 Å². The van der Waals surface area contributed by atoms with Crippen LogP contribution < -0.4 is 15.8 Å². The van der Waals surface area contributed by atoms with Gasteiger partial charge in [-0.05, 0) is 35.9 Å². The lowest BCUT2D eigenvalue weighted by molar-refractivity contribution is -0.121. The molecule has 2 aromatic carbocycles. The minimum Gasteiger partial charge on any atom is -0.508 e. The Morgan fingerprint density at radius 3 is 2.39 bits per heavy atom. The van der Waals surface area contributed by atoms with E-state index in [0.29, 0.717) is 5.56 Å². The number of hydrogen-bond acceptors (Lipinski definition) is 4. The number of benzene rings is 2. The van der Waals surface area contributed by atoms with Gasteiger partial charge in [-0.2, -0.15) is 0 Å². The monoisotopic (exact) mass is 313 g/mol. The molecule has 0 aliphatic heterocycles. The number of amides is 2.